The molecule has 0 fully saturated rings. The molecule has 2 nitrogen and oxygen atoms in total. The highest BCUT2D eigenvalue weighted by Gasteiger charge is 2.08. The number of fused-ring (bicyclic) bond motifs is 1. The number of rotatable bonds is 5. The largest absolute Gasteiger partial charge is 0.342 e. The Kier molecular flexibility index (Phi) is 4.10. The van der Waals surface area contributed by atoms with E-state index in [2.05, 4.69) is 53.3 Å². The van der Waals surface area contributed by atoms with Crippen LogP contribution in [-0.4, -0.2) is 11.1 Å². The summed E-state index contributed by atoms with van der Waals surface area (Å²) in [5.41, 5.74) is 2.63. The Balaban J connectivity index is 1.97. The summed E-state index contributed by atoms with van der Waals surface area (Å²) >= 11 is 7.67. The first-order valence-corrected chi connectivity index (χ1v) is 7.99. The third-order valence-corrected chi connectivity index (χ3v) is 4.61. The average Bonchev–Trinajstić information content (AvgIpc) is 3.02. The van der Waals surface area contributed by atoms with Gasteiger partial charge in [-0.2, -0.15) is 0 Å². The van der Waals surface area contributed by atoms with Gasteiger partial charge in [0.2, 0.25) is 0 Å². The third kappa shape index (κ3) is 2.75. The molecule has 0 saturated carbocycles. The van der Waals surface area contributed by atoms with E-state index in [9.17, 15) is 0 Å². The molecule has 0 radical (unpaired) electrons. The fourth-order valence-corrected chi connectivity index (χ4v) is 3.55. The first-order valence-electron chi connectivity index (χ1n) is 6.79. The molecule has 20 heavy (non-hydrogen) atoms. The molecule has 3 rings (SSSR count). The molecule has 0 saturated heterocycles. The van der Waals surface area contributed by atoms with E-state index in [1.807, 2.05) is 6.07 Å². The van der Waals surface area contributed by atoms with Crippen LogP contribution in [0.3, 0.4) is 0 Å². The summed E-state index contributed by atoms with van der Waals surface area (Å²) in [6.45, 7) is 4.91. The second kappa shape index (κ2) is 6.00. The van der Waals surface area contributed by atoms with Gasteiger partial charge in [-0.3, -0.25) is 0 Å². The number of hydrogen-bond donors (Lipinski definition) is 1. The number of aromatic nitrogens is 1. The SMILES string of the molecule is CCNCc1cn(Cc2ccc(Cl)s2)c2ccccc12. The van der Waals surface area contributed by atoms with Crippen molar-refractivity contribution in [2.75, 3.05) is 6.54 Å². The van der Waals surface area contributed by atoms with Gasteiger partial charge in [0.25, 0.3) is 0 Å². The summed E-state index contributed by atoms with van der Waals surface area (Å²) in [4.78, 5) is 1.28. The smallest absolute Gasteiger partial charge is 0.0931 e. The van der Waals surface area contributed by atoms with E-state index in [4.69, 9.17) is 11.6 Å². The van der Waals surface area contributed by atoms with E-state index in [-0.39, 0.29) is 0 Å². The second-order valence-corrected chi connectivity index (χ2v) is 6.59. The monoisotopic (exact) mass is 304 g/mol. The molecule has 0 bridgehead atoms. The van der Waals surface area contributed by atoms with Crippen LogP contribution in [0.2, 0.25) is 4.34 Å². The van der Waals surface area contributed by atoms with Gasteiger partial charge in [-0.1, -0.05) is 36.7 Å². The molecule has 1 aromatic carbocycles. The molecule has 2 heterocycles. The molecule has 0 atom stereocenters. The number of para-hydroxylation sites is 1. The Hall–Kier alpha value is -1.29. The molecular formula is C16H17ClN2S. The normalized spacial score (nSPS) is 11.3. The van der Waals surface area contributed by atoms with E-state index in [0.29, 0.717) is 0 Å². The Morgan fingerprint density at radius 2 is 2.05 bits per heavy atom. The molecule has 4 heteroatoms. The van der Waals surface area contributed by atoms with Gasteiger partial charge in [-0.15, -0.1) is 11.3 Å². The number of halogens is 1. The van der Waals surface area contributed by atoms with Gasteiger partial charge in [0.1, 0.15) is 0 Å². The van der Waals surface area contributed by atoms with Crippen LogP contribution in [0.4, 0.5) is 0 Å². The van der Waals surface area contributed by atoms with Gasteiger partial charge in [0.05, 0.1) is 10.9 Å². The number of thiophene rings is 1. The number of hydrogen-bond acceptors (Lipinski definition) is 2. The van der Waals surface area contributed by atoms with Gasteiger partial charge in [0.15, 0.2) is 0 Å². The maximum atomic E-state index is 6.02. The van der Waals surface area contributed by atoms with Crippen molar-refractivity contribution < 1.29 is 0 Å². The quantitative estimate of drug-likeness (QED) is 0.733. The minimum Gasteiger partial charge on any atom is -0.342 e. The van der Waals surface area contributed by atoms with Gasteiger partial charge in [-0.25, -0.2) is 0 Å². The van der Waals surface area contributed by atoms with Crippen LogP contribution >= 0.6 is 22.9 Å². The lowest BCUT2D eigenvalue weighted by molar-refractivity contribution is 0.725. The zero-order valence-electron chi connectivity index (χ0n) is 11.4. The lowest BCUT2D eigenvalue weighted by atomic mass is 10.2. The third-order valence-electron chi connectivity index (χ3n) is 3.39. The topological polar surface area (TPSA) is 17.0 Å². The first kappa shape index (κ1) is 13.7. The minimum atomic E-state index is 0.851. The molecule has 0 aliphatic carbocycles. The maximum absolute atomic E-state index is 6.02. The number of nitrogens with one attached hydrogen (secondary N) is 1. The van der Waals surface area contributed by atoms with E-state index in [1.165, 1.54) is 21.3 Å². The highest BCUT2D eigenvalue weighted by atomic mass is 35.5. The van der Waals surface area contributed by atoms with Crippen molar-refractivity contribution in [1.82, 2.24) is 9.88 Å². The zero-order valence-corrected chi connectivity index (χ0v) is 13.0. The Morgan fingerprint density at radius 1 is 1.20 bits per heavy atom. The Labute approximate surface area is 128 Å². The fraction of sp³-hybridized carbons (Fsp3) is 0.250. The predicted octanol–water partition coefficient (Wildman–Crippen LogP) is 4.51. The van der Waals surface area contributed by atoms with E-state index in [1.54, 1.807) is 11.3 Å². The standard InChI is InChI=1S/C16H17ClN2S/c1-2-18-9-12-10-19(11-13-7-8-16(17)20-13)15-6-4-3-5-14(12)15/h3-8,10,18H,2,9,11H2,1H3. The second-order valence-electron chi connectivity index (χ2n) is 4.79. The summed E-state index contributed by atoms with van der Waals surface area (Å²) in [7, 11) is 0. The van der Waals surface area contributed by atoms with Crippen LogP contribution in [0.15, 0.2) is 42.6 Å². The molecule has 0 spiro atoms. The molecule has 0 unspecified atom stereocenters. The lowest BCUT2D eigenvalue weighted by Gasteiger charge is -2.02. The van der Waals surface area contributed by atoms with Crippen molar-refractivity contribution in [2.24, 2.45) is 0 Å². The highest BCUT2D eigenvalue weighted by Crippen LogP contribution is 2.26. The van der Waals surface area contributed by atoms with E-state index >= 15 is 0 Å². The van der Waals surface area contributed by atoms with Gasteiger partial charge < -0.3 is 9.88 Å². The summed E-state index contributed by atoms with van der Waals surface area (Å²) in [6.07, 6.45) is 2.25. The minimum absolute atomic E-state index is 0.851. The summed E-state index contributed by atoms with van der Waals surface area (Å²) < 4.78 is 3.16. The first-order chi connectivity index (χ1) is 9.78. The average molecular weight is 305 g/mol. The van der Waals surface area contributed by atoms with Gasteiger partial charge >= 0.3 is 0 Å². The van der Waals surface area contributed by atoms with Crippen LogP contribution < -0.4 is 5.32 Å². The molecular weight excluding hydrogens is 288 g/mol. The van der Waals surface area contributed by atoms with Crippen LogP contribution in [-0.2, 0) is 13.1 Å². The predicted molar refractivity (Wildman–Crippen MR) is 87.7 cm³/mol. The van der Waals surface area contributed by atoms with Gasteiger partial charge in [0, 0.05) is 28.5 Å². The molecule has 2 aromatic heterocycles. The summed E-state index contributed by atoms with van der Waals surface area (Å²) in [5.74, 6) is 0. The maximum Gasteiger partial charge on any atom is 0.0931 e. The number of benzene rings is 1. The Bertz CT molecular complexity index is 714. The van der Waals surface area contributed by atoms with Crippen molar-refractivity contribution >= 4 is 33.8 Å². The zero-order chi connectivity index (χ0) is 13.9. The summed E-state index contributed by atoms with van der Waals surface area (Å²) in [5, 5.41) is 4.74. The van der Waals surface area contributed by atoms with Crippen LogP contribution in [0.5, 0.6) is 0 Å². The summed E-state index contributed by atoms with van der Waals surface area (Å²) in [6, 6.07) is 12.6. The molecule has 3 aromatic rings. The number of nitrogens with zero attached hydrogens (tertiary/aromatic N) is 1. The lowest BCUT2D eigenvalue weighted by Crippen LogP contribution is -2.11. The van der Waals surface area contributed by atoms with Gasteiger partial charge in [-0.05, 0) is 30.3 Å². The van der Waals surface area contributed by atoms with Crippen molar-refractivity contribution in [1.29, 1.82) is 0 Å². The van der Waals surface area contributed by atoms with Crippen molar-refractivity contribution in [3.05, 3.63) is 57.4 Å². The molecule has 0 amide bonds. The van der Waals surface area contributed by atoms with Crippen molar-refractivity contribution in [3.8, 4) is 0 Å². The molecule has 1 N–H and O–H groups in total. The molecule has 0 aliphatic heterocycles. The van der Waals surface area contributed by atoms with Crippen LogP contribution in [0.1, 0.15) is 17.4 Å². The molecule has 0 aliphatic rings. The van der Waals surface area contributed by atoms with Crippen LogP contribution in [0, 0.1) is 0 Å². The molecule has 104 valence electrons. The highest BCUT2D eigenvalue weighted by molar-refractivity contribution is 7.16. The van der Waals surface area contributed by atoms with Crippen LogP contribution in [0.25, 0.3) is 10.9 Å². The van der Waals surface area contributed by atoms with E-state index < -0.39 is 0 Å². The van der Waals surface area contributed by atoms with Crippen molar-refractivity contribution in [3.63, 3.8) is 0 Å². The van der Waals surface area contributed by atoms with E-state index in [0.717, 1.165) is 24.0 Å². The fourth-order valence-electron chi connectivity index (χ4n) is 2.46. The van der Waals surface area contributed by atoms with Crippen molar-refractivity contribution in [2.45, 2.75) is 20.0 Å². The Morgan fingerprint density at radius 3 is 2.80 bits per heavy atom.